The maximum atomic E-state index is 4.38. The van der Waals surface area contributed by atoms with Crippen molar-refractivity contribution >= 4 is 11.3 Å². The zero-order valence-electron chi connectivity index (χ0n) is 10.1. The summed E-state index contributed by atoms with van der Waals surface area (Å²) in [7, 11) is 0. The molecule has 2 nitrogen and oxygen atoms in total. The average Bonchev–Trinajstić information content (AvgIpc) is 2.71. The van der Waals surface area contributed by atoms with Crippen LogP contribution in [0, 0.1) is 0 Å². The van der Waals surface area contributed by atoms with Crippen LogP contribution in [-0.2, 0) is 0 Å². The van der Waals surface area contributed by atoms with Gasteiger partial charge in [0, 0.05) is 30.1 Å². The van der Waals surface area contributed by atoms with Gasteiger partial charge in [0.25, 0.3) is 0 Å². The van der Waals surface area contributed by atoms with Crippen LogP contribution in [0.1, 0.15) is 56.4 Å². The van der Waals surface area contributed by atoms with Gasteiger partial charge in [0.1, 0.15) is 0 Å². The molecule has 90 valence electrons. The van der Waals surface area contributed by atoms with Gasteiger partial charge in [-0.2, -0.15) is 0 Å². The molecule has 0 spiro atoms. The molecule has 0 bridgehead atoms. The van der Waals surface area contributed by atoms with E-state index in [1.54, 1.807) is 11.3 Å². The van der Waals surface area contributed by atoms with Crippen molar-refractivity contribution in [2.75, 3.05) is 6.54 Å². The molecular weight excluding hydrogens is 216 g/mol. The average molecular weight is 238 g/mol. The van der Waals surface area contributed by atoms with Crippen LogP contribution in [0.4, 0.5) is 0 Å². The molecule has 2 rings (SSSR count). The molecule has 1 saturated carbocycles. The summed E-state index contributed by atoms with van der Waals surface area (Å²) in [5.41, 5.74) is 0. The molecule has 0 radical (unpaired) electrons. The van der Waals surface area contributed by atoms with E-state index in [1.807, 2.05) is 6.20 Å². The van der Waals surface area contributed by atoms with Crippen LogP contribution >= 0.6 is 11.3 Å². The third-order valence-electron chi connectivity index (χ3n) is 3.44. The Bertz CT molecular complexity index is 276. The van der Waals surface area contributed by atoms with Gasteiger partial charge in [-0.15, -0.1) is 11.3 Å². The summed E-state index contributed by atoms with van der Waals surface area (Å²) in [6, 6.07) is 0.755. The first kappa shape index (κ1) is 12.1. The molecule has 0 amide bonds. The van der Waals surface area contributed by atoms with Gasteiger partial charge in [0.05, 0.1) is 5.01 Å². The maximum absolute atomic E-state index is 4.38. The largest absolute Gasteiger partial charge is 0.313 e. The predicted octanol–water partition coefficient (Wildman–Crippen LogP) is 3.56. The minimum absolute atomic E-state index is 0.559. The predicted molar refractivity (Wildman–Crippen MR) is 70.0 cm³/mol. The second-order valence-electron chi connectivity index (χ2n) is 4.87. The molecule has 1 N–H and O–H groups in total. The van der Waals surface area contributed by atoms with Crippen LogP contribution in [0.25, 0.3) is 0 Å². The lowest BCUT2D eigenvalue weighted by Crippen LogP contribution is -2.31. The van der Waals surface area contributed by atoms with Crippen molar-refractivity contribution < 1.29 is 0 Å². The number of nitrogens with zero attached hydrogens (tertiary/aromatic N) is 1. The van der Waals surface area contributed by atoms with Gasteiger partial charge in [0.2, 0.25) is 0 Å². The summed E-state index contributed by atoms with van der Waals surface area (Å²) in [5.74, 6) is 0.559. The highest BCUT2D eigenvalue weighted by Gasteiger charge is 2.14. The minimum atomic E-state index is 0.559. The van der Waals surface area contributed by atoms with Gasteiger partial charge in [-0.25, -0.2) is 4.98 Å². The molecule has 1 atom stereocenters. The molecule has 0 saturated heterocycles. The zero-order valence-corrected chi connectivity index (χ0v) is 10.9. The molecule has 1 heterocycles. The number of hydrogen-bond donors (Lipinski definition) is 1. The van der Waals surface area contributed by atoms with E-state index in [-0.39, 0.29) is 0 Å². The van der Waals surface area contributed by atoms with Gasteiger partial charge >= 0.3 is 0 Å². The third kappa shape index (κ3) is 3.56. The van der Waals surface area contributed by atoms with Crippen molar-refractivity contribution in [3.05, 3.63) is 16.6 Å². The summed E-state index contributed by atoms with van der Waals surface area (Å²) in [6.45, 7) is 3.35. The fourth-order valence-corrected chi connectivity index (χ4v) is 3.09. The normalized spacial score (nSPS) is 20.6. The maximum Gasteiger partial charge on any atom is 0.0965 e. The van der Waals surface area contributed by atoms with Gasteiger partial charge < -0.3 is 5.32 Å². The molecule has 1 fully saturated rings. The monoisotopic (exact) mass is 238 g/mol. The quantitative estimate of drug-likeness (QED) is 0.811. The van der Waals surface area contributed by atoms with E-state index in [2.05, 4.69) is 22.6 Å². The van der Waals surface area contributed by atoms with E-state index in [4.69, 9.17) is 0 Å². The van der Waals surface area contributed by atoms with E-state index in [0.717, 1.165) is 12.6 Å². The first-order valence-electron chi connectivity index (χ1n) is 6.49. The summed E-state index contributed by atoms with van der Waals surface area (Å²) < 4.78 is 0. The second kappa shape index (κ2) is 6.36. The Balaban J connectivity index is 1.73. The van der Waals surface area contributed by atoms with E-state index in [1.165, 1.54) is 43.5 Å². The van der Waals surface area contributed by atoms with E-state index < -0.39 is 0 Å². The molecule has 0 aliphatic heterocycles. The van der Waals surface area contributed by atoms with Gasteiger partial charge in [-0.1, -0.05) is 32.6 Å². The summed E-state index contributed by atoms with van der Waals surface area (Å²) in [4.78, 5) is 4.38. The van der Waals surface area contributed by atoms with Crippen molar-refractivity contribution in [3.63, 3.8) is 0 Å². The highest BCUT2D eigenvalue weighted by atomic mass is 32.1. The first-order chi connectivity index (χ1) is 7.86. The van der Waals surface area contributed by atoms with Crippen LogP contribution < -0.4 is 5.32 Å². The number of thiazole rings is 1. The van der Waals surface area contributed by atoms with Crippen LogP contribution in [0.2, 0.25) is 0 Å². The van der Waals surface area contributed by atoms with Crippen molar-refractivity contribution in [1.29, 1.82) is 0 Å². The Morgan fingerprint density at radius 2 is 2.12 bits per heavy atom. The first-order valence-corrected chi connectivity index (χ1v) is 7.37. The van der Waals surface area contributed by atoms with E-state index in [9.17, 15) is 0 Å². The second-order valence-corrected chi connectivity index (χ2v) is 5.79. The molecule has 3 heteroatoms. The Morgan fingerprint density at radius 1 is 1.38 bits per heavy atom. The van der Waals surface area contributed by atoms with Gasteiger partial charge in [-0.05, 0) is 12.8 Å². The number of rotatable bonds is 4. The number of hydrogen-bond acceptors (Lipinski definition) is 3. The van der Waals surface area contributed by atoms with Crippen LogP contribution in [0.5, 0.6) is 0 Å². The SMILES string of the molecule is CC(CNC1CCCCCC1)c1nccs1. The van der Waals surface area contributed by atoms with Crippen molar-refractivity contribution in [1.82, 2.24) is 10.3 Å². The minimum Gasteiger partial charge on any atom is -0.313 e. The Kier molecular flexibility index (Phi) is 4.79. The lowest BCUT2D eigenvalue weighted by molar-refractivity contribution is 0.445. The highest BCUT2D eigenvalue weighted by molar-refractivity contribution is 7.09. The lowest BCUT2D eigenvalue weighted by Gasteiger charge is -2.18. The Labute approximate surface area is 102 Å². The molecule has 1 aliphatic carbocycles. The molecule has 1 aliphatic rings. The van der Waals surface area contributed by atoms with Crippen molar-refractivity contribution in [3.8, 4) is 0 Å². The zero-order chi connectivity index (χ0) is 11.2. The van der Waals surface area contributed by atoms with Crippen LogP contribution in [0.15, 0.2) is 11.6 Å². The molecule has 1 aromatic rings. The van der Waals surface area contributed by atoms with Crippen LogP contribution in [-0.4, -0.2) is 17.6 Å². The summed E-state index contributed by atoms with van der Waals surface area (Å²) in [5, 5.41) is 7.05. The number of nitrogens with one attached hydrogen (secondary N) is 1. The molecule has 1 aromatic heterocycles. The lowest BCUT2D eigenvalue weighted by atomic mass is 10.1. The van der Waals surface area contributed by atoms with E-state index >= 15 is 0 Å². The molecule has 0 aromatic carbocycles. The van der Waals surface area contributed by atoms with E-state index in [0.29, 0.717) is 5.92 Å². The van der Waals surface area contributed by atoms with Gasteiger partial charge in [-0.3, -0.25) is 0 Å². The third-order valence-corrected chi connectivity index (χ3v) is 4.45. The molecule has 1 unspecified atom stereocenters. The van der Waals surface area contributed by atoms with Gasteiger partial charge in [0.15, 0.2) is 0 Å². The fraction of sp³-hybridized carbons (Fsp3) is 0.769. The topological polar surface area (TPSA) is 24.9 Å². The smallest absolute Gasteiger partial charge is 0.0965 e. The molecular formula is C13H22N2S. The number of aromatic nitrogens is 1. The van der Waals surface area contributed by atoms with Crippen LogP contribution in [0.3, 0.4) is 0 Å². The van der Waals surface area contributed by atoms with Crippen molar-refractivity contribution in [2.45, 2.75) is 57.4 Å². The fourth-order valence-electron chi connectivity index (χ4n) is 2.39. The highest BCUT2D eigenvalue weighted by Crippen LogP contribution is 2.20. The standard InChI is InChI=1S/C13H22N2S/c1-11(13-14-8-9-16-13)10-15-12-6-4-2-3-5-7-12/h8-9,11-12,15H,2-7,10H2,1H3. The summed E-state index contributed by atoms with van der Waals surface area (Å²) >= 11 is 1.77. The van der Waals surface area contributed by atoms with Crippen molar-refractivity contribution in [2.24, 2.45) is 0 Å². The molecule has 16 heavy (non-hydrogen) atoms. The Morgan fingerprint density at radius 3 is 2.75 bits per heavy atom. The Hall–Kier alpha value is -0.410. The summed E-state index contributed by atoms with van der Waals surface area (Å²) in [6.07, 6.45) is 10.3.